The second-order valence-corrected chi connectivity index (χ2v) is 14.0. The predicted octanol–water partition coefficient (Wildman–Crippen LogP) is 7.29. The molecule has 232 valence electrons. The molecule has 6 nitrogen and oxygen atoms in total. The highest BCUT2D eigenvalue weighted by Gasteiger charge is 2.57. The molecular weight excluding hydrogens is 538 g/mol. The number of esters is 2. The number of carbonyl (C=O) groups is 2. The number of nitrogens with zero attached hydrogens (tertiary/aromatic N) is 1. The van der Waals surface area contributed by atoms with E-state index in [1.165, 1.54) is 43.3 Å². The van der Waals surface area contributed by atoms with Gasteiger partial charge in [0.05, 0.1) is 25.2 Å². The zero-order chi connectivity index (χ0) is 29.9. The summed E-state index contributed by atoms with van der Waals surface area (Å²) in [5.74, 6) is -0.488. The number of hydrogen-bond acceptors (Lipinski definition) is 5. The third kappa shape index (κ3) is 6.15. The lowest BCUT2D eigenvalue weighted by molar-refractivity contribution is -0.956. The Morgan fingerprint density at radius 2 is 1.35 bits per heavy atom. The molecule has 4 aliphatic rings. The third-order valence-electron chi connectivity index (χ3n) is 10.8. The molecule has 2 aromatic carbocycles. The van der Waals surface area contributed by atoms with Crippen LogP contribution in [0.5, 0.6) is 0 Å². The zero-order valence-electron chi connectivity index (χ0n) is 26.1. The van der Waals surface area contributed by atoms with Crippen molar-refractivity contribution in [2.24, 2.45) is 11.8 Å². The van der Waals surface area contributed by atoms with E-state index in [9.17, 15) is 9.59 Å². The maximum Gasteiger partial charge on any atom is 0.348 e. The zero-order valence-corrected chi connectivity index (χ0v) is 26.1. The minimum Gasteiger partial charge on any atom is -0.459 e. The summed E-state index contributed by atoms with van der Waals surface area (Å²) in [5.41, 5.74) is -0.151. The Morgan fingerprint density at radius 3 is 1.88 bits per heavy atom. The van der Waals surface area contributed by atoms with Gasteiger partial charge < -0.3 is 18.7 Å². The smallest absolute Gasteiger partial charge is 0.348 e. The lowest BCUT2D eigenvalue weighted by atomic mass is 9.84. The molecule has 0 N–H and O–H groups in total. The van der Waals surface area contributed by atoms with Gasteiger partial charge >= 0.3 is 11.9 Å². The molecule has 0 radical (unpaired) electrons. The van der Waals surface area contributed by atoms with Crippen LogP contribution in [0.2, 0.25) is 0 Å². The summed E-state index contributed by atoms with van der Waals surface area (Å²) in [7, 11) is 0. The Bertz CT molecular complexity index is 1160. The largest absolute Gasteiger partial charge is 0.459 e. The summed E-state index contributed by atoms with van der Waals surface area (Å²) in [4.78, 5) is 28.0. The molecule has 3 saturated heterocycles. The molecule has 3 unspecified atom stereocenters. The van der Waals surface area contributed by atoms with Gasteiger partial charge in [0, 0.05) is 50.9 Å². The van der Waals surface area contributed by atoms with Gasteiger partial charge in [-0.15, -0.1) is 0 Å². The van der Waals surface area contributed by atoms with Crippen molar-refractivity contribution < 1.29 is 28.3 Å². The summed E-state index contributed by atoms with van der Waals surface area (Å²) in [5, 5.41) is 0. The lowest BCUT2D eigenvalue weighted by Gasteiger charge is -2.47. The van der Waals surface area contributed by atoms with Crippen LogP contribution in [-0.4, -0.2) is 54.0 Å². The van der Waals surface area contributed by atoms with Crippen molar-refractivity contribution in [3.63, 3.8) is 0 Å². The van der Waals surface area contributed by atoms with E-state index in [-0.39, 0.29) is 23.9 Å². The Labute approximate surface area is 257 Å². The number of hydrogen-bond donors (Lipinski definition) is 0. The number of quaternary nitrogens is 1. The average molecular weight is 589 g/mol. The second kappa shape index (κ2) is 13.1. The van der Waals surface area contributed by atoms with Gasteiger partial charge in [-0.1, -0.05) is 93.8 Å². The standard InChI is InChI=1S/C37H50NO5/c1-27(2)24-34(39)42-35(28-14-6-3-7-15-28)43-37(29-16-8-4-9-17-29,30-18-10-5-11-19-30)36(40)41-33-25-31-20-21-32(26-33)38(31)22-12-13-23-38/h4-5,8-11,16-19,27-28,31-33,35H,3,6-7,12-15,20-26H2,1-2H3/q+1. The van der Waals surface area contributed by atoms with E-state index < -0.39 is 17.9 Å². The minimum atomic E-state index is -1.56. The maximum atomic E-state index is 14.9. The summed E-state index contributed by atoms with van der Waals surface area (Å²) in [6.07, 6.45) is 11.3. The molecule has 43 heavy (non-hydrogen) atoms. The van der Waals surface area contributed by atoms with E-state index in [1.54, 1.807) is 0 Å². The third-order valence-corrected chi connectivity index (χ3v) is 10.8. The van der Waals surface area contributed by atoms with Crippen molar-refractivity contribution in [2.75, 3.05) is 13.1 Å². The normalized spacial score (nSPS) is 26.0. The molecule has 1 saturated carbocycles. The van der Waals surface area contributed by atoms with Crippen molar-refractivity contribution in [3.05, 3.63) is 71.8 Å². The molecule has 3 atom stereocenters. The summed E-state index contributed by atoms with van der Waals surface area (Å²) in [6, 6.07) is 20.6. The topological polar surface area (TPSA) is 61.8 Å². The van der Waals surface area contributed by atoms with Gasteiger partial charge in [-0.3, -0.25) is 4.79 Å². The van der Waals surface area contributed by atoms with Crippen LogP contribution in [0.3, 0.4) is 0 Å². The number of rotatable bonds is 10. The van der Waals surface area contributed by atoms with Crippen molar-refractivity contribution in [3.8, 4) is 0 Å². The molecule has 2 bridgehead atoms. The van der Waals surface area contributed by atoms with Crippen LogP contribution in [0.1, 0.15) is 102 Å². The molecule has 1 spiro atoms. The Kier molecular flexibility index (Phi) is 9.25. The van der Waals surface area contributed by atoms with Crippen molar-refractivity contribution >= 4 is 11.9 Å². The van der Waals surface area contributed by atoms with Crippen LogP contribution in [0.15, 0.2) is 60.7 Å². The van der Waals surface area contributed by atoms with Gasteiger partial charge in [0.15, 0.2) is 0 Å². The number of benzene rings is 2. The van der Waals surface area contributed by atoms with Crippen LogP contribution in [0, 0.1) is 11.8 Å². The molecule has 4 fully saturated rings. The van der Waals surface area contributed by atoms with Crippen LogP contribution in [-0.2, 0) is 29.4 Å². The second-order valence-electron chi connectivity index (χ2n) is 14.0. The quantitative estimate of drug-likeness (QED) is 0.166. The monoisotopic (exact) mass is 588 g/mol. The molecule has 0 amide bonds. The molecule has 2 aromatic rings. The van der Waals surface area contributed by atoms with Gasteiger partial charge in [0.25, 0.3) is 0 Å². The molecule has 1 aliphatic carbocycles. The SMILES string of the molecule is CC(C)CC(=O)OC(OC(C(=O)OC1CC2CCC(C1)[N+]21CCCC1)(c1ccccc1)c1ccccc1)C1CCCCC1. The summed E-state index contributed by atoms with van der Waals surface area (Å²) >= 11 is 0. The van der Waals surface area contributed by atoms with Crippen LogP contribution >= 0.6 is 0 Å². The van der Waals surface area contributed by atoms with Crippen molar-refractivity contribution in [1.82, 2.24) is 0 Å². The maximum absolute atomic E-state index is 14.9. The molecule has 3 aliphatic heterocycles. The summed E-state index contributed by atoms with van der Waals surface area (Å²) < 4.78 is 21.1. The van der Waals surface area contributed by atoms with E-state index >= 15 is 0 Å². The molecule has 3 heterocycles. The molecular formula is C37H50NO5+. The fourth-order valence-electron chi connectivity index (χ4n) is 8.78. The Morgan fingerprint density at radius 1 is 0.791 bits per heavy atom. The highest BCUT2D eigenvalue weighted by molar-refractivity contribution is 5.86. The number of carbonyl (C=O) groups excluding carboxylic acids is 2. The fourth-order valence-corrected chi connectivity index (χ4v) is 8.78. The Balaban J connectivity index is 1.36. The first-order valence-corrected chi connectivity index (χ1v) is 17.0. The van der Waals surface area contributed by atoms with Gasteiger partial charge in [-0.25, -0.2) is 4.79 Å². The molecule has 6 rings (SSSR count). The van der Waals surface area contributed by atoms with E-state index in [1.807, 2.05) is 74.5 Å². The van der Waals surface area contributed by atoms with E-state index in [0.29, 0.717) is 29.6 Å². The van der Waals surface area contributed by atoms with E-state index in [0.717, 1.165) is 44.9 Å². The average Bonchev–Trinajstić information content (AvgIpc) is 3.56. The van der Waals surface area contributed by atoms with Crippen molar-refractivity contribution in [1.29, 1.82) is 0 Å². The van der Waals surface area contributed by atoms with Crippen LogP contribution in [0.4, 0.5) is 0 Å². The highest BCUT2D eigenvalue weighted by atomic mass is 16.7. The predicted molar refractivity (Wildman–Crippen MR) is 166 cm³/mol. The van der Waals surface area contributed by atoms with E-state index in [4.69, 9.17) is 14.2 Å². The van der Waals surface area contributed by atoms with Gasteiger partial charge in [-0.2, -0.15) is 0 Å². The van der Waals surface area contributed by atoms with Crippen molar-refractivity contribution in [2.45, 2.75) is 121 Å². The van der Waals surface area contributed by atoms with Crippen LogP contribution < -0.4 is 0 Å². The lowest BCUT2D eigenvalue weighted by Crippen LogP contribution is -2.60. The van der Waals surface area contributed by atoms with Gasteiger partial charge in [0.1, 0.15) is 6.10 Å². The first kappa shape index (κ1) is 30.3. The first-order valence-electron chi connectivity index (χ1n) is 17.0. The summed E-state index contributed by atoms with van der Waals surface area (Å²) in [6.45, 7) is 6.59. The minimum absolute atomic E-state index is 0.0227. The fraction of sp³-hybridized carbons (Fsp3) is 0.622. The van der Waals surface area contributed by atoms with Gasteiger partial charge in [0.2, 0.25) is 11.9 Å². The molecule has 6 heteroatoms. The number of ether oxygens (including phenoxy) is 3. The highest BCUT2D eigenvalue weighted by Crippen LogP contribution is 2.47. The van der Waals surface area contributed by atoms with Crippen LogP contribution in [0.25, 0.3) is 0 Å². The van der Waals surface area contributed by atoms with Gasteiger partial charge in [-0.05, 0) is 29.9 Å². The number of piperidine rings is 1. The molecule has 0 aromatic heterocycles. The first-order chi connectivity index (χ1) is 20.9. The Hall–Kier alpha value is -2.70. The van der Waals surface area contributed by atoms with E-state index in [2.05, 4.69) is 0 Å².